The van der Waals surface area contributed by atoms with Crippen LogP contribution in [0, 0.1) is 5.92 Å². The molecule has 1 aromatic rings. The smallest absolute Gasteiger partial charge is 0.283 e. The molecule has 102 valence electrons. The summed E-state index contributed by atoms with van der Waals surface area (Å²) >= 11 is 3.25. The fourth-order valence-corrected chi connectivity index (χ4v) is 1.94. The average molecular weight is 319 g/mol. The normalized spacial score (nSPS) is 12.8. The van der Waals surface area contributed by atoms with E-state index in [2.05, 4.69) is 40.2 Å². The number of aliphatic hydroxyl groups excluding tert-OH is 1. The minimum atomic E-state index is -0.270. The summed E-state index contributed by atoms with van der Waals surface area (Å²) in [6.07, 6.45) is 1.56. The van der Waals surface area contributed by atoms with Crippen molar-refractivity contribution in [1.82, 2.24) is 9.78 Å². The van der Waals surface area contributed by atoms with Crippen molar-refractivity contribution >= 4 is 21.6 Å². The summed E-state index contributed by atoms with van der Waals surface area (Å²) in [6, 6.07) is 0.0798. The Bertz CT molecular complexity index is 447. The van der Waals surface area contributed by atoms with E-state index in [1.165, 1.54) is 4.68 Å². The topological polar surface area (TPSA) is 93.2 Å². The maximum Gasteiger partial charge on any atom is 0.283 e. The fraction of sp³-hybridized carbons (Fsp3) is 0.636. The Hall–Kier alpha value is -0.920. The number of rotatable bonds is 6. The van der Waals surface area contributed by atoms with E-state index in [1.807, 2.05) is 0 Å². The molecule has 18 heavy (non-hydrogen) atoms. The Morgan fingerprint density at radius 2 is 2.28 bits per heavy atom. The summed E-state index contributed by atoms with van der Waals surface area (Å²) in [7, 11) is 0. The quantitative estimate of drug-likeness (QED) is 0.705. The van der Waals surface area contributed by atoms with E-state index in [4.69, 9.17) is 10.8 Å². The first-order chi connectivity index (χ1) is 8.51. The van der Waals surface area contributed by atoms with Gasteiger partial charge in [0, 0.05) is 12.6 Å². The van der Waals surface area contributed by atoms with Crippen LogP contribution in [0.4, 0.5) is 5.69 Å². The van der Waals surface area contributed by atoms with Crippen molar-refractivity contribution < 1.29 is 5.11 Å². The molecule has 4 N–H and O–H groups in total. The van der Waals surface area contributed by atoms with Gasteiger partial charge < -0.3 is 16.2 Å². The first-order valence-electron chi connectivity index (χ1n) is 5.84. The van der Waals surface area contributed by atoms with E-state index >= 15 is 0 Å². The first-order valence-corrected chi connectivity index (χ1v) is 6.63. The third kappa shape index (κ3) is 3.54. The molecular weight excluding hydrogens is 300 g/mol. The third-order valence-electron chi connectivity index (χ3n) is 2.70. The second kappa shape index (κ2) is 6.86. The molecule has 0 bridgehead atoms. The highest BCUT2D eigenvalue weighted by atomic mass is 79.9. The molecule has 0 amide bonds. The number of hydrogen-bond acceptors (Lipinski definition) is 5. The molecule has 0 aliphatic carbocycles. The van der Waals surface area contributed by atoms with Crippen LogP contribution in [0.25, 0.3) is 0 Å². The van der Waals surface area contributed by atoms with E-state index in [0.29, 0.717) is 22.6 Å². The second-order valence-electron chi connectivity index (χ2n) is 4.35. The van der Waals surface area contributed by atoms with Crippen molar-refractivity contribution in [2.45, 2.75) is 26.4 Å². The monoisotopic (exact) mass is 318 g/mol. The molecule has 6 nitrogen and oxygen atoms in total. The van der Waals surface area contributed by atoms with Crippen molar-refractivity contribution in [1.29, 1.82) is 0 Å². The van der Waals surface area contributed by atoms with Crippen LogP contribution in [0.5, 0.6) is 0 Å². The van der Waals surface area contributed by atoms with Crippen LogP contribution >= 0.6 is 15.9 Å². The van der Waals surface area contributed by atoms with Crippen molar-refractivity contribution in [2.75, 3.05) is 18.5 Å². The molecule has 0 radical (unpaired) electrons. The molecule has 0 aromatic carbocycles. The molecule has 0 saturated carbocycles. The Kier molecular flexibility index (Phi) is 5.77. The molecule has 1 rings (SSSR count). The number of nitrogens with one attached hydrogen (secondary N) is 1. The summed E-state index contributed by atoms with van der Waals surface area (Å²) in [6.45, 7) is 4.65. The van der Waals surface area contributed by atoms with Crippen molar-refractivity contribution in [3.63, 3.8) is 0 Å². The van der Waals surface area contributed by atoms with Gasteiger partial charge in [-0.2, -0.15) is 5.10 Å². The van der Waals surface area contributed by atoms with Gasteiger partial charge in [-0.1, -0.05) is 13.8 Å². The lowest BCUT2D eigenvalue weighted by molar-refractivity contribution is 0.266. The van der Waals surface area contributed by atoms with Crippen LogP contribution in [-0.4, -0.2) is 34.1 Å². The maximum absolute atomic E-state index is 11.9. The Morgan fingerprint density at radius 3 is 2.78 bits per heavy atom. The number of nitrogens with zero attached hydrogens (tertiary/aromatic N) is 2. The number of aliphatic hydroxyl groups is 1. The summed E-state index contributed by atoms with van der Waals surface area (Å²) in [5.74, 6) is 0.349. The molecule has 0 fully saturated rings. The van der Waals surface area contributed by atoms with Crippen molar-refractivity contribution in [3.05, 3.63) is 21.0 Å². The zero-order chi connectivity index (χ0) is 13.7. The summed E-state index contributed by atoms with van der Waals surface area (Å²) < 4.78 is 1.62. The van der Waals surface area contributed by atoms with Gasteiger partial charge in [-0.05, 0) is 21.8 Å². The van der Waals surface area contributed by atoms with E-state index in [0.717, 1.165) is 0 Å². The number of nitrogens with two attached hydrogens (primary N) is 1. The molecular formula is C11H19BrN4O2. The average Bonchev–Trinajstić information content (AvgIpc) is 2.34. The van der Waals surface area contributed by atoms with Gasteiger partial charge >= 0.3 is 0 Å². The number of hydrogen-bond donors (Lipinski definition) is 3. The zero-order valence-electron chi connectivity index (χ0n) is 10.6. The van der Waals surface area contributed by atoms with Gasteiger partial charge in [0.1, 0.15) is 4.47 Å². The van der Waals surface area contributed by atoms with E-state index in [1.54, 1.807) is 6.20 Å². The van der Waals surface area contributed by atoms with E-state index < -0.39 is 0 Å². The lowest BCUT2D eigenvalue weighted by atomic mass is 10.0. The molecule has 7 heteroatoms. The van der Waals surface area contributed by atoms with Crippen LogP contribution in [0.1, 0.15) is 13.8 Å². The van der Waals surface area contributed by atoms with Gasteiger partial charge in [0.05, 0.1) is 25.0 Å². The highest BCUT2D eigenvalue weighted by Gasteiger charge is 2.15. The molecule has 1 atom stereocenters. The highest BCUT2D eigenvalue weighted by Crippen LogP contribution is 2.18. The molecule has 1 heterocycles. The van der Waals surface area contributed by atoms with Crippen molar-refractivity contribution in [2.24, 2.45) is 11.7 Å². The SMILES string of the molecule is CC(C)C(CN)Nc1cnn(CCO)c(=O)c1Br. The Morgan fingerprint density at radius 1 is 1.61 bits per heavy atom. The predicted octanol–water partition coefficient (Wildman–Crippen LogP) is 0.393. The Balaban J connectivity index is 2.98. The second-order valence-corrected chi connectivity index (χ2v) is 5.15. The van der Waals surface area contributed by atoms with Crippen molar-refractivity contribution in [3.8, 4) is 0 Å². The fourth-order valence-electron chi connectivity index (χ4n) is 1.52. The molecule has 1 unspecified atom stereocenters. The summed E-state index contributed by atoms with van der Waals surface area (Å²) in [4.78, 5) is 11.9. The Labute approximate surface area is 114 Å². The third-order valence-corrected chi connectivity index (χ3v) is 3.46. The highest BCUT2D eigenvalue weighted by molar-refractivity contribution is 9.10. The summed E-state index contributed by atoms with van der Waals surface area (Å²) in [5.41, 5.74) is 6.03. The first kappa shape index (κ1) is 15.1. The molecule has 0 aliphatic heterocycles. The van der Waals surface area contributed by atoms with Gasteiger partial charge in [0.15, 0.2) is 0 Å². The van der Waals surface area contributed by atoms with Crippen LogP contribution in [-0.2, 0) is 6.54 Å². The van der Waals surface area contributed by atoms with Gasteiger partial charge in [-0.3, -0.25) is 4.79 Å². The lowest BCUT2D eigenvalue weighted by Crippen LogP contribution is -2.35. The zero-order valence-corrected chi connectivity index (χ0v) is 12.1. The number of aromatic nitrogens is 2. The number of anilines is 1. The lowest BCUT2D eigenvalue weighted by Gasteiger charge is -2.22. The van der Waals surface area contributed by atoms with Crippen LogP contribution in [0.2, 0.25) is 0 Å². The van der Waals surface area contributed by atoms with Gasteiger partial charge in [0.2, 0.25) is 0 Å². The molecule has 0 saturated heterocycles. The molecule has 0 spiro atoms. The largest absolute Gasteiger partial charge is 0.394 e. The van der Waals surface area contributed by atoms with Crippen LogP contribution in [0.3, 0.4) is 0 Å². The van der Waals surface area contributed by atoms with Gasteiger partial charge in [-0.15, -0.1) is 0 Å². The minimum absolute atomic E-state index is 0.0798. The van der Waals surface area contributed by atoms with Gasteiger partial charge in [0.25, 0.3) is 5.56 Å². The molecule has 1 aromatic heterocycles. The minimum Gasteiger partial charge on any atom is -0.394 e. The predicted molar refractivity (Wildman–Crippen MR) is 74.6 cm³/mol. The van der Waals surface area contributed by atoms with E-state index in [9.17, 15) is 4.79 Å². The van der Waals surface area contributed by atoms with Crippen LogP contribution < -0.4 is 16.6 Å². The van der Waals surface area contributed by atoms with Crippen LogP contribution in [0.15, 0.2) is 15.5 Å². The summed E-state index contributed by atoms with van der Waals surface area (Å²) in [5, 5.41) is 16.0. The van der Waals surface area contributed by atoms with Gasteiger partial charge in [-0.25, -0.2) is 4.68 Å². The molecule has 0 aliphatic rings. The standard InChI is InChI=1S/C11H19BrN4O2/c1-7(2)8(5-13)15-9-6-14-16(3-4-17)11(18)10(9)12/h6-8,15,17H,3-5,13H2,1-2H3. The van der Waals surface area contributed by atoms with E-state index in [-0.39, 0.29) is 24.8 Å². The number of halogens is 1. The maximum atomic E-state index is 11.9.